The maximum Gasteiger partial charge on any atom is 0.255 e. The van der Waals surface area contributed by atoms with E-state index < -0.39 is 0 Å². The maximum absolute atomic E-state index is 12.3. The Labute approximate surface area is 176 Å². The first-order valence-corrected chi connectivity index (χ1v) is 10.0. The number of carbonyl (C=O) groups is 2. The number of nitrogens with zero attached hydrogens (tertiary/aromatic N) is 3. The molecule has 160 valence electrons. The molecule has 1 saturated heterocycles. The molecule has 2 heterocycles. The van der Waals surface area contributed by atoms with Gasteiger partial charge in [-0.25, -0.2) is 4.98 Å². The molecular formula is C22H28N4O4. The highest BCUT2D eigenvalue weighted by molar-refractivity contribution is 6.04. The van der Waals surface area contributed by atoms with Crippen LogP contribution in [0.3, 0.4) is 0 Å². The summed E-state index contributed by atoms with van der Waals surface area (Å²) in [6.45, 7) is 5.61. The third kappa shape index (κ3) is 6.01. The number of hydrogen-bond donors (Lipinski definition) is 1. The van der Waals surface area contributed by atoms with E-state index in [0.29, 0.717) is 50.6 Å². The molecule has 0 saturated carbocycles. The predicted octanol–water partition coefficient (Wildman–Crippen LogP) is 1.95. The third-order valence-electron chi connectivity index (χ3n) is 4.93. The number of amides is 2. The molecule has 1 aliphatic heterocycles. The SMILES string of the molecule is COCCOCC(=O)N1CCN(c2ccc(NC(=O)c3ccc(C)cc3)cn2)CC1. The first-order chi connectivity index (χ1) is 14.6. The highest BCUT2D eigenvalue weighted by atomic mass is 16.5. The van der Waals surface area contributed by atoms with Gasteiger partial charge in [-0.1, -0.05) is 17.7 Å². The Kier molecular flexibility index (Phi) is 7.75. The topological polar surface area (TPSA) is 84.0 Å². The minimum Gasteiger partial charge on any atom is -0.382 e. The fourth-order valence-corrected chi connectivity index (χ4v) is 3.13. The molecule has 0 spiro atoms. The van der Waals surface area contributed by atoms with Crippen molar-refractivity contribution in [2.75, 3.05) is 63.3 Å². The highest BCUT2D eigenvalue weighted by Gasteiger charge is 2.22. The van der Waals surface area contributed by atoms with Crippen molar-refractivity contribution in [3.05, 3.63) is 53.7 Å². The van der Waals surface area contributed by atoms with Gasteiger partial charge < -0.3 is 24.6 Å². The number of rotatable bonds is 8. The zero-order valence-corrected chi connectivity index (χ0v) is 17.5. The molecule has 0 aliphatic carbocycles. The maximum atomic E-state index is 12.3. The Morgan fingerprint density at radius 1 is 1.03 bits per heavy atom. The molecule has 0 radical (unpaired) electrons. The van der Waals surface area contributed by atoms with E-state index in [0.717, 1.165) is 11.4 Å². The highest BCUT2D eigenvalue weighted by Crippen LogP contribution is 2.17. The summed E-state index contributed by atoms with van der Waals surface area (Å²) in [5.41, 5.74) is 2.36. The number of benzene rings is 1. The molecule has 1 N–H and O–H groups in total. The summed E-state index contributed by atoms with van der Waals surface area (Å²) in [6, 6.07) is 11.1. The number of carbonyl (C=O) groups excluding carboxylic acids is 2. The summed E-state index contributed by atoms with van der Waals surface area (Å²) in [6.07, 6.45) is 1.66. The number of nitrogens with one attached hydrogen (secondary N) is 1. The van der Waals surface area contributed by atoms with Gasteiger partial charge in [0.15, 0.2) is 0 Å². The van der Waals surface area contributed by atoms with Gasteiger partial charge in [0, 0.05) is 38.9 Å². The Morgan fingerprint density at radius 2 is 1.77 bits per heavy atom. The average molecular weight is 412 g/mol. The van der Waals surface area contributed by atoms with Gasteiger partial charge in [-0.15, -0.1) is 0 Å². The number of aryl methyl sites for hydroxylation is 1. The van der Waals surface area contributed by atoms with Crippen molar-refractivity contribution < 1.29 is 19.1 Å². The molecule has 8 heteroatoms. The summed E-state index contributed by atoms with van der Waals surface area (Å²) in [7, 11) is 1.60. The molecule has 0 bridgehead atoms. The van der Waals surface area contributed by atoms with Crippen LogP contribution in [-0.4, -0.2) is 74.8 Å². The van der Waals surface area contributed by atoms with Crippen molar-refractivity contribution in [2.45, 2.75) is 6.92 Å². The quantitative estimate of drug-likeness (QED) is 0.668. The number of anilines is 2. The predicted molar refractivity (Wildman–Crippen MR) is 115 cm³/mol. The van der Waals surface area contributed by atoms with Crippen LogP contribution in [0.1, 0.15) is 15.9 Å². The third-order valence-corrected chi connectivity index (χ3v) is 4.93. The minimum atomic E-state index is -0.163. The van der Waals surface area contributed by atoms with Crippen LogP contribution in [0.25, 0.3) is 0 Å². The van der Waals surface area contributed by atoms with E-state index >= 15 is 0 Å². The number of ether oxygens (including phenoxy) is 2. The average Bonchev–Trinajstić information content (AvgIpc) is 2.77. The van der Waals surface area contributed by atoms with Crippen molar-refractivity contribution in [1.82, 2.24) is 9.88 Å². The minimum absolute atomic E-state index is 0.00659. The number of hydrogen-bond acceptors (Lipinski definition) is 6. The lowest BCUT2D eigenvalue weighted by molar-refractivity contribution is -0.136. The van der Waals surface area contributed by atoms with E-state index in [1.54, 1.807) is 30.3 Å². The fourth-order valence-electron chi connectivity index (χ4n) is 3.13. The number of methoxy groups -OCH3 is 1. The van der Waals surface area contributed by atoms with Crippen molar-refractivity contribution in [3.63, 3.8) is 0 Å². The van der Waals surface area contributed by atoms with Crippen LogP contribution in [0.2, 0.25) is 0 Å². The first-order valence-electron chi connectivity index (χ1n) is 10.0. The second kappa shape index (κ2) is 10.7. The molecule has 8 nitrogen and oxygen atoms in total. The lowest BCUT2D eigenvalue weighted by Gasteiger charge is -2.35. The van der Waals surface area contributed by atoms with Crippen LogP contribution in [0, 0.1) is 6.92 Å². The number of pyridine rings is 1. The molecule has 1 aromatic heterocycles. The van der Waals surface area contributed by atoms with Gasteiger partial charge in [0.2, 0.25) is 5.91 Å². The summed E-state index contributed by atoms with van der Waals surface area (Å²) < 4.78 is 10.2. The Bertz CT molecular complexity index is 831. The van der Waals surface area contributed by atoms with Gasteiger partial charge in [0.05, 0.1) is 25.1 Å². The van der Waals surface area contributed by atoms with Crippen molar-refractivity contribution >= 4 is 23.3 Å². The van der Waals surface area contributed by atoms with E-state index in [-0.39, 0.29) is 18.4 Å². The Hall–Kier alpha value is -2.97. The molecule has 2 amide bonds. The second-order valence-corrected chi connectivity index (χ2v) is 7.14. The first kappa shape index (κ1) is 21.7. The van der Waals surface area contributed by atoms with E-state index in [1.165, 1.54) is 0 Å². The van der Waals surface area contributed by atoms with Crippen LogP contribution in [0.15, 0.2) is 42.6 Å². The summed E-state index contributed by atoms with van der Waals surface area (Å²) in [5, 5.41) is 2.86. The van der Waals surface area contributed by atoms with Gasteiger partial charge in [-0.2, -0.15) is 0 Å². The largest absolute Gasteiger partial charge is 0.382 e. The molecule has 1 aliphatic rings. The lowest BCUT2D eigenvalue weighted by Crippen LogP contribution is -2.50. The van der Waals surface area contributed by atoms with Crippen LogP contribution in [0.5, 0.6) is 0 Å². The Balaban J connectivity index is 1.47. The molecule has 0 atom stereocenters. The molecule has 3 rings (SSSR count). The molecule has 30 heavy (non-hydrogen) atoms. The van der Waals surface area contributed by atoms with Crippen LogP contribution in [0.4, 0.5) is 11.5 Å². The molecular weight excluding hydrogens is 384 g/mol. The van der Waals surface area contributed by atoms with Crippen molar-refractivity contribution in [2.24, 2.45) is 0 Å². The van der Waals surface area contributed by atoms with Crippen LogP contribution in [-0.2, 0) is 14.3 Å². The van der Waals surface area contributed by atoms with E-state index in [9.17, 15) is 9.59 Å². The van der Waals surface area contributed by atoms with Gasteiger partial charge in [-0.05, 0) is 31.2 Å². The van der Waals surface area contributed by atoms with E-state index in [1.807, 2.05) is 31.2 Å². The number of aromatic nitrogens is 1. The lowest BCUT2D eigenvalue weighted by atomic mass is 10.1. The summed E-state index contributed by atoms with van der Waals surface area (Å²) in [4.78, 5) is 32.9. The monoisotopic (exact) mass is 412 g/mol. The van der Waals surface area contributed by atoms with Gasteiger partial charge >= 0.3 is 0 Å². The standard InChI is InChI=1S/C22H28N4O4/c1-17-3-5-18(6-4-17)22(28)24-19-7-8-20(23-15-19)25-9-11-26(12-10-25)21(27)16-30-14-13-29-2/h3-8,15H,9-14,16H2,1-2H3,(H,24,28). The van der Waals surface area contributed by atoms with Gasteiger partial charge in [-0.3, -0.25) is 9.59 Å². The van der Waals surface area contributed by atoms with Crippen LogP contribution >= 0.6 is 0 Å². The second-order valence-electron chi connectivity index (χ2n) is 7.14. The summed E-state index contributed by atoms with van der Waals surface area (Å²) >= 11 is 0. The number of piperazine rings is 1. The van der Waals surface area contributed by atoms with Gasteiger partial charge in [0.1, 0.15) is 12.4 Å². The van der Waals surface area contributed by atoms with Crippen molar-refractivity contribution in [1.29, 1.82) is 0 Å². The molecule has 1 aromatic carbocycles. The van der Waals surface area contributed by atoms with Crippen LogP contribution < -0.4 is 10.2 Å². The molecule has 0 unspecified atom stereocenters. The van der Waals surface area contributed by atoms with Crippen molar-refractivity contribution in [3.8, 4) is 0 Å². The zero-order chi connectivity index (χ0) is 21.3. The summed E-state index contributed by atoms with van der Waals surface area (Å²) in [5.74, 6) is 0.657. The fraction of sp³-hybridized carbons (Fsp3) is 0.409. The van der Waals surface area contributed by atoms with E-state index in [2.05, 4.69) is 15.2 Å². The molecule has 2 aromatic rings. The normalized spacial score (nSPS) is 13.9. The molecule has 1 fully saturated rings. The van der Waals surface area contributed by atoms with Gasteiger partial charge in [0.25, 0.3) is 5.91 Å². The Morgan fingerprint density at radius 3 is 2.40 bits per heavy atom. The van der Waals surface area contributed by atoms with E-state index in [4.69, 9.17) is 9.47 Å². The smallest absolute Gasteiger partial charge is 0.255 e. The zero-order valence-electron chi connectivity index (χ0n) is 17.5.